The second-order valence-electron chi connectivity index (χ2n) is 4.04. The summed E-state index contributed by atoms with van der Waals surface area (Å²) < 4.78 is 0. The van der Waals surface area contributed by atoms with E-state index in [0.29, 0.717) is 5.75 Å². The molecule has 2 aromatic rings. The summed E-state index contributed by atoms with van der Waals surface area (Å²) in [5, 5.41) is 1.79. The Bertz CT molecular complexity index is 569. The van der Waals surface area contributed by atoms with Gasteiger partial charge in [-0.1, -0.05) is 11.3 Å². The van der Waals surface area contributed by atoms with Gasteiger partial charge in [-0.25, -0.2) is 4.98 Å². The van der Waals surface area contributed by atoms with Crippen LogP contribution >= 0.6 is 23.1 Å². The SMILES string of the molecule is CSCC(=O)N(C)c1sc(-c2cccnc2)nc1C. The van der Waals surface area contributed by atoms with Crippen molar-refractivity contribution in [1.29, 1.82) is 0 Å². The van der Waals surface area contributed by atoms with Crippen molar-refractivity contribution in [2.45, 2.75) is 6.92 Å². The standard InChI is InChI=1S/C13H15N3OS2/c1-9-13(16(2)11(17)8-18-3)19-12(15-9)10-5-4-6-14-7-10/h4-7H,8H2,1-3H3. The van der Waals surface area contributed by atoms with Gasteiger partial charge in [0.05, 0.1) is 11.4 Å². The highest BCUT2D eigenvalue weighted by molar-refractivity contribution is 7.99. The highest BCUT2D eigenvalue weighted by atomic mass is 32.2. The molecular formula is C13H15N3OS2. The molecule has 0 atom stereocenters. The third kappa shape index (κ3) is 3.13. The number of thioether (sulfide) groups is 1. The van der Waals surface area contributed by atoms with Crippen LogP contribution < -0.4 is 4.90 Å². The lowest BCUT2D eigenvalue weighted by Crippen LogP contribution is -2.27. The zero-order valence-electron chi connectivity index (χ0n) is 11.1. The van der Waals surface area contributed by atoms with Crippen molar-refractivity contribution in [3.63, 3.8) is 0 Å². The largest absolute Gasteiger partial charge is 0.305 e. The van der Waals surface area contributed by atoms with Gasteiger partial charge < -0.3 is 4.90 Å². The zero-order chi connectivity index (χ0) is 13.8. The van der Waals surface area contributed by atoms with Gasteiger partial charge in [-0.2, -0.15) is 11.8 Å². The third-order valence-corrected chi connectivity index (χ3v) is 4.45. The molecule has 0 N–H and O–H groups in total. The van der Waals surface area contributed by atoms with Crippen LogP contribution in [0.1, 0.15) is 5.69 Å². The lowest BCUT2D eigenvalue weighted by atomic mass is 10.3. The van der Waals surface area contributed by atoms with Gasteiger partial charge >= 0.3 is 0 Å². The Kier molecular flexibility index (Phi) is 4.55. The van der Waals surface area contributed by atoms with Crippen molar-refractivity contribution < 1.29 is 4.79 Å². The summed E-state index contributed by atoms with van der Waals surface area (Å²) in [7, 11) is 1.80. The lowest BCUT2D eigenvalue weighted by Gasteiger charge is -2.14. The molecule has 2 aromatic heterocycles. The summed E-state index contributed by atoms with van der Waals surface area (Å²) in [4.78, 5) is 22.2. The van der Waals surface area contributed by atoms with Gasteiger partial charge in [0.2, 0.25) is 5.91 Å². The van der Waals surface area contributed by atoms with Crippen molar-refractivity contribution in [3.8, 4) is 10.6 Å². The molecule has 0 aromatic carbocycles. The molecule has 1 amide bonds. The molecule has 0 aliphatic rings. The first-order valence-corrected chi connectivity index (χ1v) is 7.98. The zero-order valence-corrected chi connectivity index (χ0v) is 12.7. The molecule has 19 heavy (non-hydrogen) atoms. The fraction of sp³-hybridized carbons (Fsp3) is 0.308. The van der Waals surface area contributed by atoms with Crippen LogP contribution in [0.5, 0.6) is 0 Å². The van der Waals surface area contributed by atoms with Crippen LogP contribution in [0.3, 0.4) is 0 Å². The van der Waals surface area contributed by atoms with E-state index in [9.17, 15) is 4.79 Å². The van der Waals surface area contributed by atoms with E-state index >= 15 is 0 Å². The van der Waals surface area contributed by atoms with Crippen molar-refractivity contribution in [2.75, 3.05) is 24.0 Å². The van der Waals surface area contributed by atoms with Crippen molar-refractivity contribution in [2.24, 2.45) is 0 Å². The van der Waals surface area contributed by atoms with E-state index in [1.807, 2.05) is 25.3 Å². The van der Waals surface area contributed by atoms with Crippen LogP contribution in [0.4, 0.5) is 5.00 Å². The van der Waals surface area contributed by atoms with E-state index in [1.54, 1.807) is 24.3 Å². The quantitative estimate of drug-likeness (QED) is 0.869. The molecule has 2 rings (SSSR count). The first kappa shape index (κ1) is 14.0. The Hall–Kier alpha value is -1.40. The molecule has 0 unspecified atom stereocenters. The van der Waals surface area contributed by atoms with Crippen molar-refractivity contribution >= 4 is 34.0 Å². The number of thiazole rings is 1. The maximum atomic E-state index is 11.9. The number of amides is 1. The molecule has 100 valence electrons. The van der Waals surface area contributed by atoms with Gasteiger partial charge in [0.1, 0.15) is 10.0 Å². The average molecular weight is 293 g/mol. The first-order valence-electron chi connectivity index (χ1n) is 5.76. The Balaban J connectivity index is 2.29. The van der Waals surface area contributed by atoms with Gasteiger partial charge in [0.15, 0.2) is 0 Å². The number of hydrogen-bond acceptors (Lipinski definition) is 5. The molecule has 0 aliphatic carbocycles. The van der Waals surface area contributed by atoms with E-state index < -0.39 is 0 Å². The maximum absolute atomic E-state index is 11.9. The van der Waals surface area contributed by atoms with E-state index in [0.717, 1.165) is 21.3 Å². The second-order valence-corrected chi connectivity index (χ2v) is 5.88. The highest BCUT2D eigenvalue weighted by Crippen LogP contribution is 2.33. The molecule has 2 heterocycles. The molecule has 0 saturated heterocycles. The van der Waals surface area contributed by atoms with Crippen LogP contribution in [-0.4, -0.2) is 34.9 Å². The smallest absolute Gasteiger partial charge is 0.237 e. The number of carbonyl (C=O) groups is 1. The molecule has 0 saturated carbocycles. The van der Waals surface area contributed by atoms with Crippen LogP contribution in [0.15, 0.2) is 24.5 Å². The number of aromatic nitrogens is 2. The van der Waals surface area contributed by atoms with Gasteiger partial charge in [-0.15, -0.1) is 0 Å². The molecule has 4 nitrogen and oxygen atoms in total. The Labute approximate surface area is 120 Å². The predicted octanol–water partition coefficient (Wildman–Crippen LogP) is 2.84. The monoisotopic (exact) mass is 293 g/mol. The fourth-order valence-corrected chi connectivity index (χ4v) is 3.12. The summed E-state index contributed by atoms with van der Waals surface area (Å²) in [5.41, 5.74) is 1.85. The van der Waals surface area contributed by atoms with Crippen LogP contribution in [0, 0.1) is 6.92 Å². The molecule has 0 aliphatic heterocycles. The Morgan fingerprint density at radius 1 is 1.53 bits per heavy atom. The normalized spacial score (nSPS) is 10.5. The van der Waals surface area contributed by atoms with Crippen molar-refractivity contribution in [3.05, 3.63) is 30.2 Å². The molecule has 6 heteroatoms. The number of hydrogen-bond donors (Lipinski definition) is 0. The van der Waals surface area contributed by atoms with Gasteiger partial charge in [0, 0.05) is 25.0 Å². The number of pyridine rings is 1. The lowest BCUT2D eigenvalue weighted by molar-refractivity contribution is -0.115. The average Bonchev–Trinajstić information content (AvgIpc) is 2.81. The minimum Gasteiger partial charge on any atom is -0.305 e. The summed E-state index contributed by atoms with van der Waals surface area (Å²) in [5.74, 6) is 0.577. The van der Waals surface area contributed by atoms with Gasteiger partial charge in [0.25, 0.3) is 0 Å². The molecule has 0 bridgehead atoms. The number of carbonyl (C=O) groups excluding carboxylic acids is 1. The molecule has 0 spiro atoms. The number of anilines is 1. The number of aryl methyl sites for hydroxylation is 1. The molecule has 0 radical (unpaired) electrons. The first-order chi connectivity index (χ1) is 9.13. The van der Waals surface area contributed by atoms with Gasteiger partial charge in [-0.05, 0) is 25.3 Å². The summed E-state index contributed by atoms with van der Waals surface area (Å²) in [6.45, 7) is 1.93. The summed E-state index contributed by atoms with van der Waals surface area (Å²) >= 11 is 3.04. The number of rotatable bonds is 4. The van der Waals surface area contributed by atoms with Crippen LogP contribution in [-0.2, 0) is 4.79 Å². The van der Waals surface area contributed by atoms with Gasteiger partial charge in [-0.3, -0.25) is 9.78 Å². The Morgan fingerprint density at radius 2 is 2.32 bits per heavy atom. The highest BCUT2D eigenvalue weighted by Gasteiger charge is 2.17. The third-order valence-electron chi connectivity index (χ3n) is 2.63. The minimum absolute atomic E-state index is 0.0944. The topological polar surface area (TPSA) is 46.1 Å². The maximum Gasteiger partial charge on any atom is 0.237 e. The van der Waals surface area contributed by atoms with E-state index in [4.69, 9.17) is 0 Å². The molecular weight excluding hydrogens is 278 g/mol. The summed E-state index contributed by atoms with van der Waals surface area (Å²) in [6, 6.07) is 3.85. The molecule has 0 fully saturated rings. The van der Waals surface area contributed by atoms with E-state index in [2.05, 4.69) is 9.97 Å². The fourth-order valence-electron chi connectivity index (χ4n) is 1.65. The van der Waals surface area contributed by atoms with E-state index in [-0.39, 0.29) is 5.91 Å². The second kappa shape index (κ2) is 6.16. The van der Waals surface area contributed by atoms with Crippen LogP contribution in [0.2, 0.25) is 0 Å². The van der Waals surface area contributed by atoms with E-state index in [1.165, 1.54) is 23.1 Å². The van der Waals surface area contributed by atoms with Crippen molar-refractivity contribution in [1.82, 2.24) is 9.97 Å². The Morgan fingerprint density at radius 3 is 2.95 bits per heavy atom. The summed E-state index contributed by atoms with van der Waals surface area (Å²) in [6.07, 6.45) is 5.44. The predicted molar refractivity (Wildman–Crippen MR) is 81.9 cm³/mol. The minimum atomic E-state index is 0.0944. The number of nitrogens with zero attached hydrogens (tertiary/aromatic N) is 3. The van der Waals surface area contributed by atoms with Crippen LogP contribution in [0.25, 0.3) is 10.6 Å².